The Kier molecular flexibility index (Phi) is 5.29. The van der Waals surface area contributed by atoms with Crippen LogP contribution in [0.5, 0.6) is 0 Å². The lowest BCUT2D eigenvalue weighted by Crippen LogP contribution is -2.52. The van der Waals surface area contributed by atoms with E-state index in [1.807, 2.05) is 6.92 Å². The number of likely N-dealkylation sites (tertiary alicyclic amines) is 1. The van der Waals surface area contributed by atoms with Crippen LogP contribution in [0.2, 0.25) is 0 Å². The summed E-state index contributed by atoms with van der Waals surface area (Å²) in [6, 6.07) is -0.0396. The van der Waals surface area contributed by atoms with Crippen LogP contribution in [0.3, 0.4) is 0 Å². The number of rotatable bonds is 3. The van der Waals surface area contributed by atoms with Gasteiger partial charge < -0.3 is 19.5 Å². The molecule has 0 unspecified atom stereocenters. The first-order chi connectivity index (χ1) is 12.6. The molecule has 4 rings (SSSR count). The van der Waals surface area contributed by atoms with Crippen LogP contribution in [0.1, 0.15) is 42.9 Å². The predicted molar refractivity (Wildman–Crippen MR) is 99.1 cm³/mol. The van der Waals surface area contributed by atoms with Gasteiger partial charge in [-0.25, -0.2) is 4.98 Å². The maximum absolute atomic E-state index is 12.9. The Morgan fingerprint density at radius 2 is 1.92 bits per heavy atom. The van der Waals surface area contributed by atoms with Gasteiger partial charge >= 0.3 is 0 Å². The standard InChI is InChI=1S/C19H31N5O2/c1-14(22-9-11-26-12-10-22)19(25)23-6-3-16(4-7-23)18-17-13-20-5-8-24(17)15(2)21-18/h14,16,20H,3-13H2,1-2H3/t14-/m0/s1. The number of aryl methyl sites for hydroxylation is 1. The third kappa shape index (κ3) is 3.40. The number of carbonyl (C=O) groups is 1. The fourth-order valence-corrected chi connectivity index (χ4v) is 4.60. The zero-order valence-electron chi connectivity index (χ0n) is 16.0. The molecule has 3 aliphatic rings. The molecule has 7 nitrogen and oxygen atoms in total. The Labute approximate surface area is 155 Å². The van der Waals surface area contributed by atoms with Gasteiger partial charge in [0.25, 0.3) is 0 Å². The zero-order chi connectivity index (χ0) is 18.1. The van der Waals surface area contributed by atoms with Gasteiger partial charge in [-0.3, -0.25) is 9.69 Å². The summed E-state index contributed by atoms with van der Waals surface area (Å²) in [5.74, 6) is 1.89. The molecule has 1 aromatic heterocycles. The minimum atomic E-state index is -0.0396. The normalized spacial score (nSPS) is 23.7. The van der Waals surface area contributed by atoms with E-state index >= 15 is 0 Å². The van der Waals surface area contributed by atoms with Crippen LogP contribution >= 0.6 is 0 Å². The highest BCUT2D eigenvalue weighted by Gasteiger charge is 2.32. The summed E-state index contributed by atoms with van der Waals surface area (Å²) in [7, 11) is 0. The van der Waals surface area contributed by atoms with Crippen molar-refractivity contribution in [2.75, 3.05) is 45.9 Å². The van der Waals surface area contributed by atoms with Crippen molar-refractivity contribution in [1.82, 2.24) is 24.7 Å². The summed E-state index contributed by atoms with van der Waals surface area (Å²) < 4.78 is 7.77. The van der Waals surface area contributed by atoms with Gasteiger partial charge in [-0.2, -0.15) is 0 Å². The maximum atomic E-state index is 12.9. The van der Waals surface area contributed by atoms with Crippen LogP contribution in [0.15, 0.2) is 0 Å². The number of fused-ring (bicyclic) bond motifs is 1. The average Bonchev–Trinajstić information content (AvgIpc) is 3.05. The SMILES string of the molecule is Cc1nc(C2CCN(C(=O)[C@H](C)N3CCOCC3)CC2)c2n1CCNC2. The van der Waals surface area contributed by atoms with Gasteiger partial charge in [0.1, 0.15) is 5.82 Å². The number of aromatic nitrogens is 2. The molecule has 0 aliphatic carbocycles. The zero-order valence-corrected chi connectivity index (χ0v) is 16.0. The Hall–Kier alpha value is -1.44. The minimum Gasteiger partial charge on any atom is -0.379 e. The highest BCUT2D eigenvalue weighted by molar-refractivity contribution is 5.81. The van der Waals surface area contributed by atoms with Crippen molar-refractivity contribution >= 4 is 5.91 Å². The van der Waals surface area contributed by atoms with Gasteiger partial charge in [0.15, 0.2) is 0 Å². The molecule has 0 bridgehead atoms. The van der Waals surface area contributed by atoms with Crippen molar-refractivity contribution in [3.05, 3.63) is 17.2 Å². The van der Waals surface area contributed by atoms with Gasteiger partial charge in [-0.05, 0) is 26.7 Å². The summed E-state index contributed by atoms with van der Waals surface area (Å²) >= 11 is 0. The summed E-state index contributed by atoms with van der Waals surface area (Å²) in [4.78, 5) is 22.1. The van der Waals surface area contributed by atoms with E-state index in [2.05, 4.69) is 26.6 Å². The van der Waals surface area contributed by atoms with E-state index in [1.54, 1.807) is 0 Å². The molecule has 4 heterocycles. The Morgan fingerprint density at radius 3 is 2.65 bits per heavy atom. The highest BCUT2D eigenvalue weighted by Crippen LogP contribution is 2.31. The summed E-state index contributed by atoms with van der Waals surface area (Å²) in [5.41, 5.74) is 2.63. The first-order valence-corrected chi connectivity index (χ1v) is 10.0. The number of morpholine rings is 1. The number of amides is 1. The second-order valence-electron chi connectivity index (χ2n) is 7.74. The third-order valence-corrected chi connectivity index (χ3v) is 6.24. The molecule has 3 aliphatic heterocycles. The molecule has 1 amide bonds. The smallest absolute Gasteiger partial charge is 0.239 e. The minimum absolute atomic E-state index is 0.0396. The van der Waals surface area contributed by atoms with Crippen molar-refractivity contribution in [1.29, 1.82) is 0 Å². The summed E-state index contributed by atoms with van der Waals surface area (Å²) in [5, 5.41) is 3.47. The van der Waals surface area contributed by atoms with E-state index in [-0.39, 0.29) is 11.9 Å². The van der Waals surface area contributed by atoms with Gasteiger partial charge in [0, 0.05) is 51.7 Å². The first kappa shape index (κ1) is 17.9. The molecule has 0 spiro atoms. The van der Waals surface area contributed by atoms with E-state index in [0.717, 1.165) is 77.7 Å². The van der Waals surface area contributed by atoms with Crippen molar-refractivity contribution in [2.45, 2.75) is 51.7 Å². The van der Waals surface area contributed by atoms with Gasteiger partial charge in [-0.1, -0.05) is 0 Å². The fraction of sp³-hybridized carbons (Fsp3) is 0.789. The molecule has 2 fully saturated rings. The number of hydrogen-bond donors (Lipinski definition) is 1. The molecule has 144 valence electrons. The number of imidazole rings is 1. The molecule has 1 N–H and O–H groups in total. The largest absolute Gasteiger partial charge is 0.379 e. The molecule has 0 aromatic carbocycles. The number of hydrogen-bond acceptors (Lipinski definition) is 5. The van der Waals surface area contributed by atoms with Gasteiger partial charge in [-0.15, -0.1) is 0 Å². The van der Waals surface area contributed by atoms with E-state index in [4.69, 9.17) is 9.72 Å². The number of carbonyl (C=O) groups excluding carboxylic acids is 1. The van der Waals surface area contributed by atoms with Crippen molar-refractivity contribution in [3.8, 4) is 0 Å². The number of piperidine rings is 1. The number of nitrogens with zero attached hydrogens (tertiary/aromatic N) is 4. The van der Waals surface area contributed by atoms with E-state index < -0.39 is 0 Å². The van der Waals surface area contributed by atoms with Crippen LogP contribution in [0.25, 0.3) is 0 Å². The van der Waals surface area contributed by atoms with Crippen LogP contribution in [0, 0.1) is 6.92 Å². The molecule has 0 radical (unpaired) electrons. The highest BCUT2D eigenvalue weighted by atomic mass is 16.5. The summed E-state index contributed by atoms with van der Waals surface area (Å²) in [6.45, 7) is 12.0. The predicted octanol–water partition coefficient (Wildman–Crippen LogP) is 0.721. The molecule has 26 heavy (non-hydrogen) atoms. The van der Waals surface area contributed by atoms with Crippen LogP contribution in [-0.2, 0) is 22.6 Å². The second kappa shape index (κ2) is 7.66. The quantitative estimate of drug-likeness (QED) is 0.860. The van der Waals surface area contributed by atoms with Crippen molar-refractivity contribution in [2.24, 2.45) is 0 Å². The lowest BCUT2D eigenvalue weighted by atomic mass is 9.91. The third-order valence-electron chi connectivity index (χ3n) is 6.24. The van der Waals surface area contributed by atoms with Crippen molar-refractivity contribution in [3.63, 3.8) is 0 Å². The van der Waals surface area contributed by atoms with Crippen LogP contribution in [-0.4, -0.2) is 77.2 Å². The first-order valence-electron chi connectivity index (χ1n) is 10.0. The monoisotopic (exact) mass is 361 g/mol. The fourth-order valence-electron chi connectivity index (χ4n) is 4.60. The lowest BCUT2D eigenvalue weighted by Gasteiger charge is -2.37. The Bertz CT molecular complexity index is 645. The summed E-state index contributed by atoms with van der Waals surface area (Å²) in [6.07, 6.45) is 2.04. The average molecular weight is 361 g/mol. The number of ether oxygens (including phenoxy) is 1. The molecular weight excluding hydrogens is 330 g/mol. The molecule has 1 atom stereocenters. The molecule has 1 aromatic rings. The van der Waals surface area contributed by atoms with Gasteiger partial charge in [0.2, 0.25) is 5.91 Å². The maximum Gasteiger partial charge on any atom is 0.239 e. The van der Waals surface area contributed by atoms with Crippen molar-refractivity contribution < 1.29 is 9.53 Å². The Morgan fingerprint density at radius 1 is 1.19 bits per heavy atom. The molecule has 2 saturated heterocycles. The van der Waals surface area contributed by atoms with Crippen LogP contribution in [0.4, 0.5) is 0 Å². The number of nitrogens with one attached hydrogen (secondary N) is 1. The van der Waals surface area contributed by atoms with Crippen LogP contribution < -0.4 is 5.32 Å². The second-order valence-corrected chi connectivity index (χ2v) is 7.74. The Balaban J connectivity index is 1.37. The van der Waals surface area contributed by atoms with E-state index in [0.29, 0.717) is 5.92 Å². The lowest BCUT2D eigenvalue weighted by molar-refractivity contribution is -0.139. The topological polar surface area (TPSA) is 62.6 Å². The molecular formula is C19H31N5O2. The van der Waals surface area contributed by atoms with Gasteiger partial charge in [0.05, 0.1) is 30.6 Å². The molecule has 0 saturated carbocycles. The van der Waals surface area contributed by atoms with E-state index in [1.165, 1.54) is 11.4 Å². The molecule has 7 heteroatoms. The van der Waals surface area contributed by atoms with E-state index in [9.17, 15) is 4.79 Å².